The van der Waals surface area contributed by atoms with Crippen LogP contribution in [-0.4, -0.2) is 46.5 Å². The molecule has 5 rings (SSSR count). The van der Waals surface area contributed by atoms with Gasteiger partial charge in [-0.25, -0.2) is 4.98 Å². The van der Waals surface area contributed by atoms with Crippen molar-refractivity contribution >= 4 is 45.7 Å². The van der Waals surface area contributed by atoms with Crippen LogP contribution in [0.5, 0.6) is 0 Å². The maximum absolute atomic E-state index is 13.1. The molecule has 1 amide bonds. The number of nitrogens with zero attached hydrogens (tertiary/aromatic N) is 3. The molecular weight excluding hydrogens is 486 g/mol. The molecule has 0 aliphatic rings. The zero-order chi connectivity index (χ0) is 25.6. The van der Waals surface area contributed by atoms with Crippen LogP contribution in [0, 0.1) is 0 Å². The van der Waals surface area contributed by atoms with Crippen LogP contribution in [0.15, 0.2) is 85.2 Å². The molecule has 8 nitrogen and oxygen atoms in total. The minimum atomic E-state index is -0.230. The smallest absolute Gasteiger partial charge is 0.268 e. The Balaban J connectivity index is 1.35. The van der Waals surface area contributed by atoms with Crippen LogP contribution in [0.1, 0.15) is 20.0 Å². The molecule has 9 heteroatoms. The second kappa shape index (κ2) is 11.2. The van der Waals surface area contributed by atoms with E-state index < -0.39 is 0 Å². The fourth-order valence-electron chi connectivity index (χ4n) is 3.95. The summed E-state index contributed by atoms with van der Waals surface area (Å²) in [5.41, 5.74) is 4.00. The Morgan fingerprint density at radius 3 is 2.59 bits per heavy atom. The second-order valence-corrected chi connectivity index (χ2v) is 9.36. The number of ether oxygens (including phenoxy) is 1. The minimum Gasteiger partial charge on any atom is -0.383 e. The van der Waals surface area contributed by atoms with Crippen LogP contribution in [0.3, 0.4) is 0 Å². The average molecular weight is 512 g/mol. The zero-order valence-electron chi connectivity index (χ0n) is 20.2. The Morgan fingerprint density at radius 2 is 1.81 bits per heavy atom. The van der Waals surface area contributed by atoms with Crippen LogP contribution < -0.4 is 10.6 Å². The third kappa shape index (κ3) is 5.58. The maximum Gasteiger partial charge on any atom is 0.268 e. The molecule has 0 unspecified atom stereocenters. The first kappa shape index (κ1) is 24.4. The number of imidazole rings is 1. The van der Waals surface area contributed by atoms with E-state index in [1.165, 1.54) is 11.3 Å². The van der Waals surface area contributed by atoms with Crippen LogP contribution in [-0.2, 0) is 11.3 Å². The van der Waals surface area contributed by atoms with E-state index in [0.29, 0.717) is 35.1 Å². The number of hydrogen-bond acceptors (Lipinski definition) is 7. The molecule has 0 spiro atoms. The molecule has 2 aromatic carbocycles. The summed E-state index contributed by atoms with van der Waals surface area (Å²) in [6.07, 6.45) is 3.46. The number of rotatable bonds is 10. The Bertz CT molecular complexity index is 1530. The standard InChI is InChI=1S/C28H25N5O3S/c1-36-16-15-33-23-8-7-21(30-18-24(34)19-5-3-2-4-6-19)17-22(23)31-28(33)32-27(35)26-10-9-25(37-26)20-11-13-29-14-12-20/h2-14,17,30H,15-16,18H2,1H3,(H,31,32,35). The number of carbonyl (C=O) groups is 2. The molecule has 0 fully saturated rings. The largest absolute Gasteiger partial charge is 0.383 e. The highest BCUT2D eigenvalue weighted by molar-refractivity contribution is 7.17. The van der Waals surface area contributed by atoms with Crippen molar-refractivity contribution in [2.45, 2.75) is 6.54 Å². The third-order valence-corrected chi connectivity index (χ3v) is 6.97. The lowest BCUT2D eigenvalue weighted by molar-refractivity contribution is 0.100. The van der Waals surface area contributed by atoms with Crippen molar-refractivity contribution in [3.05, 3.63) is 95.6 Å². The molecule has 0 bridgehead atoms. The van der Waals surface area contributed by atoms with Gasteiger partial charge in [0.2, 0.25) is 5.95 Å². The van der Waals surface area contributed by atoms with Gasteiger partial charge in [0.15, 0.2) is 5.78 Å². The van der Waals surface area contributed by atoms with Gasteiger partial charge in [-0.05, 0) is 48.0 Å². The van der Waals surface area contributed by atoms with E-state index in [1.54, 1.807) is 31.6 Å². The van der Waals surface area contributed by atoms with E-state index in [2.05, 4.69) is 20.6 Å². The summed E-state index contributed by atoms with van der Waals surface area (Å²) < 4.78 is 7.20. The lowest BCUT2D eigenvalue weighted by atomic mass is 10.1. The molecule has 0 saturated heterocycles. The highest BCUT2D eigenvalue weighted by Gasteiger charge is 2.17. The van der Waals surface area contributed by atoms with Crippen molar-refractivity contribution in [2.24, 2.45) is 0 Å². The number of nitrogens with one attached hydrogen (secondary N) is 2. The number of anilines is 2. The quantitative estimate of drug-likeness (QED) is 0.245. The molecule has 37 heavy (non-hydrogen) atoms. The number of ketones is 1. The minimum absolute atomic E-state index is 0.00126. The van der Waals surface area contributed by atoms with Crippen LogP contribution in [0.2, 0.25) is 0 Å². The summed E-state index contributed by atoms with van der Waals surface area (Å²) in [6, 6.07) is 22.4. The molecule has 186 valence electrons. The first-order valence-corrected chi connectivity index (χ1v) is 12.6. The third-order valence-electron chi connectivity index (χ3n) is 5.84. The summed E-state index contributed by atoms with van der Waals surface area (Å²) >= 11 is 1.41. The van der Waals surface area contributed by atoms with E-state index in [1.807, 2.05) is 65.2 Å². The van der Waals surface area contributed by atoms with Gasteiger partial charge in [-0.3, -0.25) is 19.9 Å². The molecule has 0 saturated carbocycles. The van der Waals surface area contributed by atoms with E-state index in [0.717, 1.165) is 21.6 Å². The van der Waals surface area contributed by atoms with Gasteiger partial charge in [-0.2, -0.15) is 0 Å². The summed E-state index contributed by atoms with van der Waals surface area (Å²) in [7, 11) is 1.63. The molecule has 3 aromatic heterocycles. The Morgan fingerprint density at radius 1 is 1.00 bits per heavy atom. The van der Waals surface area contributed by atoms with Crippen molar-refractivity contribution < 1.29 is 14.3 Å². The SMILES string of the molecule is COCCn1c(NC(=O)c2ccc(-c3ccncc3)s2)nc2cc(NCC(=O)c3ccccc3)ccc21. The van der Waals surface area contributed by atoms with Crippen molar-refractivity contribution in [1.82, 2.24) is 14.5 Å². The highest BCUT2D eigenvalue weighted by Crippen LogP contribution is 2.29. The normalized spacial score (nSPS) is 10.9. The first-order valence-electron chi connectivity index (χ1n) is 11.8. The van der Waals surface area contributed by atoms with Gasteiger partial charge in [-0.1, -0.05) is 30.3 Å². The molecule has 0 aliphatic heterocycles. The Hall–Kier alpha value is -4.34. The summed E-state index contributed by atoms with van der Waals surface area (Å²) in [5, 5.41) is 6.14. The van der Waals surface area contributed by atoms with Gasteiger partial charge in [0.25, 0.3) is 5.91 Å². The molecule has 0 radical (unpaired) electrons. The van der Waals surface area contributed by atoms with Gasteiger partial charge < -0.3 is 14.6 Å². The van der Waals surface area contributed by atoms with Crippen molar-refractivity contribution in [3.63, 3.8) is 0 Å². The number of amides is 1. The van der Waals surface area contributed by atoms with Gasteiger partial charge in [-0.15, -0.1) is 11.3 Å². The maximum atomic E-state index is 13.1. The van der Waals surface area contributed by atoms with Crippen molar-refractivity contribution in [1.29, 1.82) is 0 Å². The number of methoxy groups -OCH3 is 1. The molecular formula is C28H25N5O3S. The van der Waals surface area contributed by atoms with E-state index >= 15 is 0 Å². The van der Waals surface area contributed by atoms with E-state index in [4.69, 9.17) is 4.74 Å². The monoisotopic (exact) mass is 511 g/mol. The molecule has 0 aliphatic carbocycles. The number of carbonyl (C=O) groups excluding carboxylic acids is 2. The fraction of sp³-hybridized carbons (Fsp3) is 0.143. The van der Waals surface area contributed by atoms with Crippen LogP contribution >= 0.6 is 11.3 Å². The number of benzene rings is 2. The van der Waals surface area contributed by atoms with E-state index in [9.17, 15) is 9.59 Å². The van der Waals surface area contributed by atoms with Crippen LogP contribution in [0.25, 0.3) is 21.5 Å². The second-order valence-electron chi connectivity index (χ2n) is 8.28. The molecule has 0 atom stereocenters. The fourth-order valence-corrected chi connectivity index (χ4v) is 4.85. The number of pyridine rings is 1. The first-order chi connectivity index (χ1) is 18.1. The van der Waals surface area contributed by atoms with Crippen molar-refractivity contribution in [3.8, 4) is 10.4 Å². The predicted octanol–water partition coefficient (Wildman–Crippen LogP) is 5.35. The summed E-state index contributed by atoms with van der Waals surface area (Å²) in [6.45, 7) is 1.15. The molecule has 2 N–H and O–H groups in total. The number of thiophene rings is 1. The van der Waals surface area contributed by atoms with Gasteiger partial charge in [0.1, 0.15) is 0 Å². The molecule has 3 heterocycles. The van der Waals surface area contributed by atoms with Gasteiger partial charge >= 0.3 is 0 Å². The van der Waals surface area contributed by atoms with Gasteiger partial charge in [0, 0.05) is 42.2 Å². The highest BCUT2D eigenvalue weighted by atomic mass is 32.1. The number of Topliss-reactive ketones (excluding diaryl/α,β-unsaturated/α-hetero) is 1. The summed E-state index contributed by atoms with van der Waals surface area (Å²) in [5.74, 6) is 0.209. The number of hydrogen-bond donors (Lipinski definition) is 2. The number of aromatic nitrogens is 3. The zero-order valence-corrected chi connectivity index (χ0v) is 21.0. The lowest BCUT2D eigenvalue weighted by Crippen LogP contribution is -2.16. The lowest BCUT2D eigenvalue weighted by Gasteiger charge is -2.09. The number of fused-ring (bicyclic) bond motifs is 1. The van der Waals surface area contributed by atoms with Gasteiger partial charge in [0.05, 0.1) is 29.1 Å². The summed E-state index contributed by atoms with van der Waals surface area (Å²) in [4.78, 5) is 35.9. The Kier molecular flexibility index (Phi) is 7.34. The molecule has 5 aromatic rings. The predicted molar refractivity (Wildman–Crippen MR) is 146 cm³/mol. The van der Waals surface area contributed by atoms with Crippen molar-refractivity contribution in [2.75, 3.05) is 30.9 Å². The Labute approximate surface area is 218 Å². The topological polar surface area (TPSA) is 98.1 Å². The van der Waals surface area contributed by atoms with Crippen LogP contribution in [0.4, 0.5) is 11.6 Å². The average Bonchev–Trinajstić information content (AvgIpc) is 3.56. The van der Waals surface area contributed by atoms with E-state index in [-0.39, 0.29) is 18.2 Å².